The van der Waals surface area contributed by atoms with E-state index in [1.807, 2.05) is 6.07 Å². The first-order chi connectivity index (χ1) is 9.60. The minimum absolute atomic E-state index is 0.205. The Balaban J connectivity index is 2.07. The molecule has 0 spiro atoms. The molecule has 0 fully saturated rings. The molecule has 0 aromatic heterocycles. The summed E-state index contributed by atoms with van der Waals surface area (Å²) in [6, 6.07) is 12.6. The van der Waals surface area contributed by atoms with E-state index < -0.39 is 0 Å². The third-order valence-electron chi connectivity index (χ3n) is 3.87. The van der Waals surface area contributed by atoms with E-state index in [1.165, 1.54) is 16.3 Å². The van der Waals surface area contributed by atoms with E-state index in [4.69, 9.17) is 10.5 Å². The van der Waals surface area contributed by atoms with Crippen LogP contribution >= 0.6 is 11.8 Å². The molecule has 0 saturated heterocycles. The van der Waals surface area contributed by atoms with Gasteiger partial charge in [0.15, 0.2) is 5.17 Å². The second-order valence-corrected chi connectivity index (χ2v) is 6.37. The van der Waals surface area contributed by atoms with Crippen LogP contribution in [0.25, 0.3) is 10.8 Å². The maximum atomic E-state index is 5.89. The highest BCUT2D eigenvalue weighted by Gasteiger charge is 2.29. The van der Waals surface area contributed by atoms with Gasteiger partial charge < -0.3 is 10.5 Å². The molecular weight excluding hydrogens is 268 g/mol. The number of ether oxygens (including phenoxy) is 1. The lowest BCUT2D eigenvalue weighted by Gasteiger charge is -2.30. The van der Waals surface area contributed by atoms with Gasteiger partial charge in [-0.25, -0.2) is 0 Å². The lowest BCUT2D eigenvalue weighted by Crippen LogP contribution is -2.28. The number of methoxy groups -OCH3 is 1. The summed E-state index contributed by atoms with van der Waals surface area (Å²) in [4.78, 5) is 4.66. The fourth-order valence-electron chi connectivity index (χ4n) is 2.58. The summed E-state index contributed by atoms with van der Waals surface area (Å²) in [7, 11) is 1.69. The fraction of sp³-hybridized carbons (Fsp3) is 0.312. The summed E-state index contributed by atoms with van der Waals surface area (Å²) in [6.07, 6.45) is 1.01. The summed E-state index contributed by atoms with van der Waals surface area (Å²) in [5.41, 5.74) is 6.91. The molecule has 2 aromatic rings. The molecule has 0 radical (unpaired) electrons. The van der Waals surface area contributed by atoms with Crippen molar-refractivity contribution in [1.29, 1.82) is 0 Å². The van der Waals surface area contributed by atoms with Crippen molar-refractivity contribution in [3.63, 3.8) is 0 Å². The van der Waals surface area contributed by atoms with Crippen LogP contribution in [-0.2, 0) is 5.54 Å². The zero-order valence-corrected chi connectivity index (χ0v) is 12.5. The van der Waals surface area contributed by atoms with Crippen LogP contribution in [0.2, 0.25) is 0 Å². The minimum atomic E-state index is -0.205. The molecule has 0 amide bonds. The third kappa shape index (κ3) is 2.36. The minimum Gasteiger partial charge on any atom is -0.497 e. The molecule has 1 unspecified atom stereocenters. The highest BCUT2D eigenvalue weighted by atomic mass is 32.2. The van der Waals surface area contributed by atoms with Crippen molar-refractivity contribution in [2.75, 3.05) is 12.9 Å². The number of thioether (sulfide) groups is 1. The average molecular weight is 286 g/mol. The molecule has 1 heterocycles. The number of nitrogens with two attached hydrogens (primary N) is 1. The second-order valence-electron chi connectivity index (χ2n) is 5.25. The van der Waals surface area contributed by atoms with E-state index in [0.29, 0.717) is 5.17 Å². The van der Waals surface area contributed by atoms with E-state index in [-0.39, 0.29) is 5.54 Å². The zero-order valence-electron chi connectivity index (χ0n) is 11.7. The van der Waals surface area contributed by atoms with E-state index in [0.717, 1.165) is 17.9 Å². The van der Waals surface area contributed by atoms with Gasteiger partial charge in [0, 0.05) is 5.75 Å². The third-order valence-corrected chi connectivity index (χ3v) is 4.66. The summed E-state index contributed by atoms with van der Waals surface area (Å²) < 4.78 is 5.26. The molecule has 3 rings (SSSR count). The number of fused-ring (bicyclic) bond motifs is 1. The first-order valence-electron chi connectivity index (χ1n) is 6.67. The molecule has 104 valence electrons. The fourth-order valence-corrected chi connectivity index (χ4v) is 3.56. The van der Waals surface area contributed by atoms with Gasteiger partial charge in [-0.1, -0.05) is 30.0 Å². The molecule has 4 heteroatoms. The van der Waals surface area contributed by atoms with Gasteiger partial charge in [-0.05, 0) is 47.9 Å². The molecule has 1 aliphatic rings. The molecular formula is C16H18N2OS. The van der Waals surface area contributed by atoms with Crippen LogP contribution in [-0.4, -0.2) is 18.0 Å². The monoisotopic (exact) mass is 286 g/mol. The highest BCUT2D eigenvalue weighted by Crippen LogP contribution is 2.36. The van der Waals surface area contributed by atoms with Crippen molar-refractivity contribution in [3.05, 3.63) is 42.0 Å². The highest BCUT2D eigenvalue weighted by molar-refractivity contribution is 8.13. The Labute approximate surface area is 123 Å². The molecule has 0 saturated carbocycles. The van der Waals surface area contributed by atoms with Gasteiger partial charge >= 0.3 is 0 Å². The largest absolute Gasteiger partial charge is 0.497 e. The number of nitrogens with zero attached hydrogens (tertiary/aromatic N) is 1. The number of rotatable bonds is 2. The van der Waals surface area contributed by atoms with Crippen LogP contribution in [0.4, 0.5) is 0 Å². The first kappa shape index (κ1) is 13.3. The molecule has 20 heavy (non-hydrogen) atoms. The summed E-state index contributed by atoms with van der Waals surface area (Å²) in [5.74, 6) is 1.90. The number of hydrogen-bond acceptors (Lipinski definition) is 4. The Kier molecular flexibility index (Phi) is 3.34. The van der Waals surface area contributed by atoms with Gasteiger partial charge in [-0.3, -0.25) is 4.99 Å². The van der Waals surface area contributed by atoms with Crippen LogP contribution in [0.1, 0.15) is 18.9 Å². The van der Waals surface area contributed by atoms with Crippen LogP contribution < -0.4 is 10.5 Å². The quantitative estimate of drug-likeness (QED) is 0.919. The van der Waals surface area contributed by atoms with Gasteiger partial charge in [0.2, 0.25) is 0 Å². The SMILES string of the molecule is COc1ccc2cc(C3(C)CCSC(N)=N3)ccc2c1. The maximum absolute atomic E-state index is 5.89. The summed E-state index contributed by atoms with van der Waals surface area (Å²) in [6.45, 7) is 2.16. The lowest BCUT2D eigenvalue weighted by molar-refractivity contribution is 0.415. The van der Waals surface area contributed by atoms with Gasteiger partial charge in [0.05, 0.1) is 12.6 Å². The van der Waals surface area contributed by atoms with Gasteiger partial charge in [0.25, 0.3) is 0 Å². The Morgan fingerprint density at radius 2 is 1.95 bits per heavy atom. The van der Waals surface area contributed by atoms with E-state index >= 15 is 0 Å². The smallest absolute Gasteiger partial charge is 0.154 e. The van der Waals surface area contributed by atoms with Crippen molar-refractivity contribution >= 4 is 27.7 Å². The molecule has 1 atom stereocenters. The number of hydrogen-bond donors (Lipinski definition) is 1. The van der Waals surface area contributed by atoms with Crippen molar-refractivity contribution in [1.82, 2.24) is 0 Å². The second kappa shape index (κ2) is 5.02. The van der Waals surface area contributed by atoms with E-state index in [1.54, 1.807) is 18.9 Å². The Hall–Kier alpha value is -1.68. The first-order valence-corrected chi connectivity index (χ1v) is 7.66. The molecule has 3 nitrogen and oxygen atoms in total. The Bertz CT molecular complexity index is 683. The number of aliphatic imine (C=N–C) groups is 1. The van der Waals surface area contributed by atoms with Crippen LogP contribution in [0.3, 0.4) is 0 Å². The van der Waals surface area contributed by atoms with Gasteiger partial charge in [0.1, 0.15) is 5.75 Å². The molecule has 1 aliphatic heterocycles. The predicted octanol–water partition coefficient (Wildman–Crippen LogP) is 3.52. The van der Waals surface area contributed by atoms with Crippen LogP contribution in [0.15, 0.2) is 41.4 Å². The zero-order chi connectivity index (χ0) is 14.2. The maximum Gasteiger partial charge on any atom is 0.154 e. The van der Waals surface area contributed by atoms with Crippen molar-refractivity contribution in [3.8, 4) is 5.75 Å². The van der Waals surface area contributed by atoms with Crippen molar-refractivity contribution in [2.45, 2.75) is 18.9 Å². The topological polar surface area (TPSA) is 47.6 Å². The predicted molar refractivity (Wildman–Crippen MR) is 86.5 cm³/mol. The molecule has 2 aromatic carbocycles. The number of benzene rings is 2. The standard InChI is InChI=1S/C16H18N2OS/c1-16(7-8-20-15(17)18-16)13-5-3-12-10-14(19-2)6-4-11(12)9-13/h3-6,9-10H,7-8H2,1-2H3,(H2,17,18). The molecule has 0 bridgehead atoms. The van der Waals surface area contributed by atoms with Crippen LogP contribution in [0.5, 0.6) is 5.75 Å². The Morgan fingerprint density at radius 1 is 1.20 bits per heavy atom. The van der Waals surface area contributed by atoms with Crippen LogP contribution in [0, 0.1) is 0 Å². The average Bonchev–Trinajstić information content (AvgIpc) is 2.46. The lowest BCUT2D eigenvalue weighted by atomic mass is 9.88. The van der Waals surface area contributed by atoms with Gasteiger partial charge in [-0.2, -0.15) is 0 Å². The summed E-state index contributed by atoms with van der Waals surface area (Å²) >= 11 is 1.63. The number of amidine groups is 1. The Morgan fingerprint density at radius 3 is 2.70 bits per heavy atom. The van der Waals surface area contributed by atoms with E-state index in [2.05, 4.69) is 42.2 Å². The summed E-state index contributed by atoms with van der Waals surface area (Å²) in [5, 5.41) is 3.07. The molecule has 2 N–H and O–H groups in total. The van der Waals surface area contributed by atoms with Crippen molar-refractivity contribution < 1.29 is 4.74 Å². The van der Waals surface area contributed by atoms with E-state index in [9.17, 15) is 0 Å². The molecule has 0 aliphatic carbocycles. The normalized spacial score (nSPS) is 22.6. The van der Waals surface area contributed by atoms with Gasteiger partial charge in [-0.15, -0.1) is 0 Å². The van der Waals surface area contributed by atoms with Crippen molar-refractivity contribution in [2.24, 2.45) is 10.7 Å².